The van der Waals surface area contributed by atoms with Crippen molar-refractivity contribution < 1.29 is 0 Å². The normalized spacial score (nSPS) is 11.6. The van der Waals surface area contributed by atoms with E-state index < -0.39 is 0 Å². The van der Waals surface area contributed by atoms with E-state index in [4.69, 9.17) is 0 Å². The molecule has 2 aromatic heterocycles. The van der Waals surface area contributed by atoms with E-state index in [1.54, 1.807) is 0 Å². The highest BCUT2D eigenvalue weighted by atomic mass is 32.1. The molecule has 0 amide bonds. The van der Waals surface area contributed by atoms with Gasteiger partial charge < -0.3 is 9.47 Å². The molecule has 0 atom stereocenters. The molecule has 2 nitrogen and oxygen atoms in total. The number of nitrogens with zero attached hydrogens (tertiary/aromatic N) is 2. The minimum atomic E-state index is 1.08. The monoisotopic (exact) mass is 946 g/mol. The number of anilines is 3. The first-order valence-corrected chi connectivity index (χ1v) is 25.8. The maximum Gasteiger partial charge on any atom is 0.0547 e. The van der Waals surface area contributed by atoms with Crippen LogP contribution in [0, 0.1) is 0 Å². The van der Waals surface area contributed by atoms with Gasteiger partial charge in [-0.1, -0.05) is 212 Å². The van der Waals surface area contributed by atoms with E-state index in [1.165, 1.54) is 103 Å². The van der Waals surface area contributed by atoms with Gasteiger partial charge in [-0.2, -0.15) is 0 Å². The highest BCUT2D eigenvalue weighted by molar-refractivity contribution is 7.25. The van der Waals surface area contributed by atoms with Crippen LogP contribution in [0.2, 0.25) is 0 Å². The number of hydrogen-bond donors (Lipinski definition) is 0. The smallest absolute Gasteiger partial charge is 0.0547 e. The van der Waals surface area contributed by atoms with Crippen molar-refractivity contribution in [1.82, 2.24) is 4.57 Å². The fourth-order valence-corrected chi connectivity index (χ4v) is 12.3. The van der Waals surface area contributed by atoms with E-state index in [0.717, 1.165) is 28.2 Å². The SMILES string of the molecule is c1ccc(-c2ccc(N(c3ccc(-c4ccc(-c5cccc6ccccc56)cc4)cc3)c3ccccc3-c3cccc(-c4cccc5c4c4ccccc4n5-c4ccc5c(c4)sc4ccccc45)c3)cc2)cc1. The number of hydrogen-bond acceptors (Lipinski definition) is 2. The van der Waals surface area contributed by atoms with Gasteiger partial charge in [0, 0.05) is 53.6 Å². The third kappa shape index (κ3) is 7.49. The van der Waals surface area contributed by atoms with Gasteiger partial charge in [0.25, 0.3) is 0 Å². The van der Waals surface area contributed by atoms with Crippen molar-refractivity contribution in [2.45, 2.75) is 0 Å². The van der Waals surface area contributed by atoms with E-state index in [2.05, 4.69) is 289 Å². The number of para-hydroxylation sites is 2. The fraction of sp³-hybridized carbons (Fsp3) is 0. The quantitative estimate of drug-likeness (QED) is 0.140. The summed E-state index contributed by atoms with van der Waals surface area (Å²) < 4.78 is 5.06. The van der Waals surface area contributed by atoms with Gasteiger partial charge >= 0.3 is 0 Å². The number of thiophene rings is 1. The second kappa shape index (κ2) is 17.8. The largest absolute Gasteiger partial charge is 0.310 e. The summed E-state index contributed by atoms with van der Waals surface area (Å²) in [4.78, 5) is 2.41. The Morgan fingerprint density at radius 3 is 1.58 bits per heavy atom. The molecule has 0 spiro atoms. The Balaban J connectivity index is 0.859. The van der Waals surface area contributed by atoms with Crippen LogP contribution in [0.1, 0.15) is 0 Å². The van der Waals surface area contributed by atoms with Gasteiger partial charge in [-0.25, -0.2) is 0 Å². The van der Waals surface area contributed by atoms with Crippen LogP contribution in [-0.4, -0.2) is 4.57 Å². The predicted molar refractivity (Wildman–Crippen MR) is 313 cm³/mol. The highest BCUT2D eigenvalue weighted by Gasteiger charge is 2.21. The van der Waals surface area contributed by atoms with Crippen molar-refractivity contribution in [2.75, 3.05) is 4.90 Å². The molecule has 3 heteroatoms. The van der Waals surface area contributed by atoms with Gasteiger partial charge in [-0.05, 0) is 128 Å². The summed E-state index contributed by atoms with van der Waals surface area (Å²) in [5.74, 6) is 0. The van der Waals surface area contributed by atoms with E-state index in [-0.39, 0.29) is 0 Å². The van der Waals surface area contributed by atoms with E-state index in [9.17, 15) is 0 Å². The number of fused-ring (bicyclic) bond motifs is 7. The lowest BCUT2D eigenvalue weighted by molar-refractivity contribution is 1.19. The first-order valence-electron chi connectivity index (χ1n) is 25.0. The Morgan fingerprint density at radius 1 is 0.288 bits per heavy atom. The second-order valence-electron chi connectivity index (χ2n) is 18.8. The third-order valence-corrected chi connectivity index (χ3v) is 15.8. The van der Waals surface area contributed by atoms with Gasteiger partial charge in [0.15, 0.2) is 0 Å². The van der Waals surface area contributed by atoms with Crippen molar-refractivity contribution in [2.24, 2.45) is 0 Å². The summed E-state index contributed by atoms with van der Waals surface area (Å²) in [5, 5.41) is 7.64. The lowest BCUT2D eigenvalue weighted by atomic mass is 9.94. The molecule has 2 heterocycles. The van der Waals surface area contributed by atoms with Crippen molar-refractivity contribution in [3.8, 4) is 61.3 Å². The molecule has 342 valence electrons. The van der Waals surface area contributed by atoms with Crippen molar-refractivity contribution in [1.29, 1.82) is 0 Å². The van der Waals surface area contributed by atoms with Crippen LogP contribution in [0.3, 0.4) is 0 Å². The summed E-state index contributed by atoms with van der Waals surface area (Å²) >= 11 is 1.87. The first-order chi connectivity index (χ1) is 36.2. The first kappa shape index (κ1) is 42.6. The van der Waals surface area contributed by atoms with Gasteiger partial charge in [-0.3, -0.25) is 0 Å². The number of rotatable bonds is 9. The zero-order valence-corrected chi connectivity index (χ0v) is 40.7. The van der Waals surface area contributed by atoms with Crippen LogP contribution < -0.4 is 4.90 Å². The highest BCUT2D eigenvalue weighted by Crippen LogP contribution is 2.45. The Morgan fingerprint density at radius 2 is 0.795 bits per heavy atom. The van der Waals surface area contributed by atoms with Crippen LogP contribution in [0.5, 0.6) is 0 Å². The molecule has 0 bridgehead atoms. The predicted octanol–water partition coefficient (Wildman–Crippen LogP) is 20.1. The van der Waals surface area contributed by atoms with Crippen LogP contribution >= 0.6 is 11.3 Å². The van der Waals surface area contributed by atoms with Crippen molar-refractivity contribution in [3.63, 3.8) is 0 Å². The van der Waals surface area contributed by atoms with Crippen LogP contribution in [-0.2, 0) is 0 Å². The Hall–Kier alpha value is -9.28. The molecular weight excluding hydrogens is 901 g/mol. The summed E-state index contributed by atoms with van der Waals surface area (Å²) in [7, 11) is 0. The standard InChI is InChI=1S/C70H46N2S/c1-2-15-47(16-3-1)49-35-39-55(40-36-49)71(56-41-37-50(38-42-56)48-31-33-52(34-32-48)59-25-13-18-51-17-4-5-21-58(51)59)65-27-9-6-22-60(65)53-19-12-20-54(45-53)61-26-14-29-67-70(61)64-24-7-10-28-66(64)72(67)57-43-44-63-62-23-8-11-30-68(62)73-69(63)46-57/h1-46H. The van der Waals surface area contributed by atoms with Crippen LogP contribution in [0.25, 0.3) is 114 Å². The average molecular weight is 947 g/mol. The van der Waals surface area contributed by atoms with Gasteiger partial charge in [0.05, 0.1) is 16.7 Å². The molecular formula is C70H46N2S. The Bertz CT molecular complexity index is 4350. The lowest BCUT2D eigenvalue weighted by Gasteiger charge is -2.28. The second-order valence-corrected chi connectivity index (χ2v) is 19.9. The minimum absolute atomic E-state index is 1.08. The third-order valence-electron chi connectivity index (χ3n) is 14.6. The molecule has 14 rings (SSSR count). The van der Waals surface area contributed by atoms with Gasteiger partial charge in [-0.15, -0.1) is 11.3 Å². The van der Waals surface area contributed by atoms with E-state index in [0.29, 0.717) is 0 Å². The molecule has 12 aromatic carbocycles. The maximum absolute atomic E-state index is 2.45. The molecule has 0 saturated carbocycles. The summed E-state index contributed by atoms with van der Waals surface area (Å²) in [6.45, 7) is 0. The van der Waals surface area contributed by atoms with Gasteiger partial charge in [0.1, 0.15) is 0 Å². The van der Waals surface area contributed by atoms with Crippen molar-refractivity contribution in [3.05, 3.63) is 279 Å². The maximum atomic E-state index is 2.45. The number of benzene rings is 12. The van der Waals surface area contributed by atoms with Crippen molar-refractivity contribution >= 4 is 81.1 Å². The van der Waals surface area contributed by atoms with Crippen LogP contribution in [0.15, 0.2) is 279 Å². The van der Waals surface area contributed by atoms with E-state index >= 15 is 0 Å². The molecule has 0 aliphatic rings. The minimum Gasteiger partial charge on any atom is -0.310 e. The fourth-order valence-electron chi connectivity index (χ4n) is 11.1. The molecule has 14 aromatic rings. The molecule has 0 unspecified atom stereocenters. The molecule has 0 radical (unpaired) electrons. The molecule has 0 aliphatic carbocycles. The topological polar surface area (TPSA) is 8.17 Å². The zero-order valence-electron chi connectivity index (χ0n) is 39.9. The van der Waals surface area contributed by atoms with Crippen LogP contribution in [0.4, 0.5) is 17.1 Å². The molecule has 0 saturated heterocycles. The van der Waals surface area contributed by atoms with E-state index in [1.807, 2.05) is 11.3 Å². The zero-order chi connectivity index (χ0) is 48.2. The van der Waals surface area contributed by atoms with Gasteiger partial charge in [0.2, 0.25) is 0 Å². The summed E-state index contributed by atoms with van der Waals surface area (Å²) in [6.07, 6.45) is 0. The summed E-state index contributed by atoms with van der Waals surface area (Å²) in [6, 6.07) is 102. The number of aromatic nitrogens is 1. The summed E-state index contributed by atoms with van der Waals surface area (Å²) in [5.41, 5.74) is 18.7. The molecule has 0 fully saturated rings. The molecule has 0 N–H and O–H groups in total. The lowest BCUT2D eigenvalue weighted by Crippen LogP contribution is -2.11. The Kier molecular flexibility index (Phi) is 10.4. The molecule has 73 heavy (non-hydrogen) atoms. The average Bonchev–Trinajstić information content (AvgIpc) is 4.01. The molecule has 0 aliphatic heterocycles. The Labute approximate surface area is 428 Å².